The molecule has 0 aliphatic rings. The van der Waals surface area contributed by atoms with Crippen LogP contribution in [0.25, 0.3) is 22.4 Å². The smallest absolute Gasteiger partial charge is 0.349 e. The SMILES string of the molecule is COc1ccc(-c2c(C#N)c(C)[n+](C)c(-c3ccccc3)c2[N+](=O)[O-])cc1.[O-][Cl+3]([O-])([O-])[O-]. The zero-order chi connectivity index (χ0) is 24.1. The molecule has 10 nitrogen and oxygen atoms in total. The van der Waals surface area contributed by atoms with Gasteiger partial charge in [0.05, 0.1) is 23.2 Å². The highest BCUT2D eigenvalue weighted by Gasteiger charge is 2.36. The second-order valence-corrected chi connectivity index (χ2v) is 7.19. The third-order valence-corrected chi connectivity index (χ3v) is 4.63. The molecule has 0 fully saturated rings. The lowest BCUT2D eigenvalue weighted by Crippen LogP contribution is -2.68. The van der Waals surface area contributed by atoms with Crippen molar-refractivity contribution in [1.82, 2.24) is 0 Å². The van der Waals surface area contributed by atoms with Crippen LogP contribution in [-0.4, -0.2) is 12.0 Å². The molecule has 0 spiro atoms. The van der Waals surface area contributed by atoms with Crippen molar-refractivity contribution in [3.05, 3.63) is 76.0 Å². The summed E-state index contributed by atoms with van der Waals surface area (Å²) in [5.41, 5.74) is 2.95. The van der Waals surface area contributed by atoms with Gasteiger partial charge in [-0.15, -0.1) is 10.2 Å². The Bertz CT molecular complexity index is 1150. The highest BCUT2D eigenvalue weighted by molar-refractivity contribution is 5.86. The maximum absolute atomic E-state index is 12.1. The lowest BCUT2D eigenvalue weighted by atomic mass is 9.94. The average molecular weight is 460 g/mol. The number of nitrogens with zero attached hydrogens (tertiary/aromatic N) is 3. The van der Waals surface area contributed by atoms with Crippen LogP contribution in [0.4, 0.5) is 5.69 Å². The fourth-order valence-corrected chi connectivity index (χ4v) is 3.19. The van der Waals surface area contributed by atoms with Gasteiger partial charge in [0.15, 0.2) is 5.69 Å². The highest BCUT2D eigenvalue weighted by Crippen LogP contribution is 2.40. The maximum Gasteiger partial charge on any atom is 0.349 e. The van der Waals surface area contributed by atoms with Crippen molar-refractivity contribution < 1.29 is 43.1 Å². The van der Waals surface area contributed by atoms with Crippen molar-refractivity contribution in [3.8, 4) is 34.2 Å². The van der Waals surface area contributed by atoms with Crippen LogP contribution in [0, 0.1) is 38.6 Å². The molecule has 1 aromatic heterocycles. The number of ether oxygens (including phenoxy) is 1. The number of pyridine rings is 1. The summed E-state index contributed by atoms with van der Waals surface area (Å²) >= 11 is 0. The molecule has 2 aromatic carbocycles. The van der Waals surface area contributed by atoms with Crippen molar-refractivity contribution in [3.63, 3.8) is 0 Å². The van der Waals surface area contributed by atoms with E-state index in [1.54, 1.807) is 49.9 Å². The molecule has 0 unspecified atom stereocenters. The third kappa shape index (κ3) is 5.76. The monoisotopic (exact) mass is 459 g/mol. The Balaban J connectivity index is 0.000000654. The fraction of sp³-hybridized carbons (Fsp3) is 0.143. The average Bonchev–Trinajstić information content (AvgIpc) is 2.74. The van der Waals surface area contributed by atoms with E-state index < -0.39 is 15.2 Å². The summed E-state index contributed by atoms with van der Waals surface area (Å²) in [4.78, 5) is 11.7. The van der Waals surface area contributed by atoms with Gasteiger partial charge >= 0.3 is 5.69 Å². The molecule has 32 heavy (non-hydrogen) atoms. The second-order valence-electron chi connectivity index (χ2n) is 6.43. The van der Waals surface area contributed by atoms with Crippen molar-refractivity contribution in [2.24, 2.45) is 7.05 Å². The molecule has 0 saturated carbocycles. The number of nitro groups is 1. The molecule has 3 rings (SSSR count). The normalized spacial score (nSPS) is 10.6. The van der Waals surface area contributed by atoms with E-state index in [2.05, 4.69) is 6.07 Å². The molecule has 1 heterocycles. The minimum atomic E-state index is -4.94. The Kier molecular flexibility index (Phi) is 7.82. The van der Waals surface area contributed by atoms with Crippen LogP contribution in [0.1, 0.15) is 11.3 Å². The molecule has 0 atom stereocenters. The summed E-state index contributed by atoms with van der Waals surface area (Å²) in [6, 6.07) is 18.2. The Labute approximate surface area is 185 Å². The highest BCUT2D eigenvalue weighted by atomic mass is 35.7. The number of aromatic nitrogens is 1. The summed E-state index contributed by atoms with van der Waals surface area (Å²) in [6.07, 6.45) is 0. The van der Waals surface area contributed by atoms with E-state index in [1.165, 1.54) is 0 Å². The van der Waals surface area contributed by atoms with Gasteiger partial charge in [-0.1, -0.05) is 30.3 Å². The van der Waals surface area contributed by atoms with Crippen LogP contribution in [-0.2, 0) is 7.05 Å². The van der Waals surface area contributed by atoms with E-state index in [0.29, 0.717) is 33.8 Å². The van der Waals surface area contributed by atoms with Crippen LogP contribution < -0.4 is 27.9 Å². The minimum absolute atomic E-state index is 0.0870. The number of nitriles is 1. The van der Waals surface area contributed by atoms with Gasteiger partial charge < -0.3 is 4.74 Å². The van der Waals surface area contributed by atoms with Gasteiger partial charge in [0.1, 0.15) is 24.4 Å². The third-order valence-electron chi connectivity index (χ3n) is 4.63. The van der Waals surface area contributed by atoms with Gasteiger partial charge in [-0.05, 0) is 29.8 Å². The molecule has 166 valence electrons. The molecular formula is C21H18ClN3O7. The van der Waals surface area contributed by atoms with Crippen LogP contribution in [0.2, 0.25) is 0 Å². The number of methoxy groups -OCH3 is 1. The predicted molar refractivity (Wildman–Crippen MR) is 101 cm³/mol. The van der Waals surface area contributed by atoms with E-state index in [4.69, 9.17) is 23.4 Å². The van der Waals surface area contributed by atoms with Crippen molar-refractivity contribution in [1.29, 1.82) is 5.26 Å². The summed E-state index contributed by atoms with van der Waals surface area (Å²) in [5, 5.41) is 21.8. The summed E-state index contributed by atoms with van der Waals surface area (Å²) in [6.45, 7) is 1.79. The topological polar surface area (TPSA) is 172 Å². The Morgan fingerprint density at radius 3 is 1.97 bits per heavy atom. The number of benzene rings is 2. The van der Waals surface area contributed by atoms with Gasteiger partial charge in [-0.25, -0.2) is 18.6 Å². The molecule has 0 aliphatic heterocycles. The van der Waals surface area contributed by atoms with Crippen molar-refractivity contribution in [2.75, 3.05) is 7.11 Å². The Morgan fingerprint density at radius 2 is 1.53 bits per heavy atom. The lowest BCUT2D eigenvalue weighted by Gasteiger charge is -2.17. The lowest BCUT2D eigenvalue weighted by molar-refractivity contribution is -2.00. The van der Waals surface area contributed by atoms with Crippen molar-refractivity contribution in [2.45, 2.75) is 6.92 Å². The van der Waals surface area contributed by atoms with Gasteiger partial charge in [0.2, 0.25) is 0 Å². The molecule has 0 radical (unpaired) electrons. The van der Waals surface area contributed by atoms with Crippen LogP contribution >= 0.6 is 0 Å². The molecule has 0 N–H and O–H groups in total. The first kappa shape index (κ1) is 24.7. The molecule has 0 bridgehead atoms. The fourth-order valence-electron chi connectivity index (χ4n) is 3.19. The van der Waals surface area contributed by atoms with Crippen LogP contribution in [0.3, 0.4) is 0 Å². The van der Waals surface area contributed by atoms with E-state index in [-0.39, 0.29) is 11.3 Å². The maximum atomic E-state index is 12.1. The summed E-state index contributed by atoms with van der Waals surface area (Å²) < 4.78 is 40.9. The first-order valence-electron chi connectivity index (χ1n) is 8.92. The number of rotatable bonds is 4. The first-order chi connectivity index (χ1) is 15.0. The molecular weight excluding hydrogens is 442 g/mol. The molecule has 11 heteroatoms. The largest absolute Gasteiger partial charge is 0.497 e. The van der Waals surface area contributed by atoms with Crippen molar-refractivity contribution >= 4 is 5.69 Å². The van der Waals surface area contributed by atoms with Gasteiger partial charge in [0.25, 0.3) is 5.69 Å². The molecule has 0 saturated heterocycles. The Hall–Kier alpha value is -3.59. The summed E-state index contributed by atoms with van der Waals surface area (Å²) in [5.74, 6) is 0.640. The molecule has 3 aromatic rings. The zero-order valence-electron chi connectivity index (χ0n) is 17.3. The second kappa shape index (κ2) is 10.1. The van der Waals surface area contributed by atoms with Gasteiger partial charge in [-0.2, -0.15) is 9.83 Å². The van der Waals surface area contributed by atoms with Gasteiger partial charge in [-0.3, -0.25) is 10.1 Å². The zero-order valence-corrected chi connectivity index (χ0v) is 18.0. The number of hydrogen-bond acceptors (Lipinski definition) is 8. The van der Waals surface area contributed by atoms with E-state index in [9.17, 15) is 15.4 Å². The van der Waals surface area contributed by atoms with E-state index in [0.717, 1.165) is 0 Å². The quantitative estimate of drug-likeness (QED) is 0.276. The summed E-state index contributed by atoms with van der Waals surface area (Å²) in [7, 11) is -1.65. The standard InChI is InChI=1S/C21H18N3O3.ClHO4/c1-14-18(13-22)19(15-9-11-17(27-3)12-10-15)21(24(25)26)20(23(14)2)16-7-5-4-6-8-16;2-1(3,4)5/h4-12H,1-3H3;(H,2,3,4,5)/q+1;/p-1. The van der Waals surface area contributed by atoms with Crippen LogP contribution in [0.15, 0.2) is 54.6 Å². The Morgan fingerprint density at radius 1 is 1.00 bits per heavy atom. The van der Waals surface area contributed by atoms with Crippen LogP contribution in [0.5, 0.6) is 5.75 Å². The van der Waals surface area contributed by atoms with Gasteiger partial charge in [0, 0.05) is 6.92 Å². The van der Waals surface area contributed by atoms with E-state index in [1.807, 2.05) is 30.3 Å². The first-order valence-corrected chi connectivity index (χ1v) is 10.2. The predicted octanol–water partition coefficient (Wildman–Crippen LogP) is -0.814. The molecule has 0 amide bonds. The minimum Gasteiger partial charge on any atom is -0.497 e. The number of hydrogen-bond donors (Lipinski definition) is 0. The van der Waals surface area contributed by atoms with E-state index >= 15 is 0 Å². The molecule has 0 aliphatic carbocycles. The number of halogens is 1.